The Labute approximate surface area is 121 Å². The molecular formula is C17H23N3. The van der Waals surface area contributed by atoms with Crippen LogP contribution in [0.5, 0.6) is 0 Å². The summed E-state index contributed by atoms with van der Waals surface area (Å²) in [6.45, 7) is 6.46. The molecule has 1 aromatic carbocycles. The van der Waals surface area contributed by atoms with Crippen molar-refractivity contribution in [3.63, 3.8) is 0 Å². The molecule has 1 unspecified atom stereocenters. The summed E-state index contributed by atoms with van der Waals surface area (Å²) >= 11 is 0. The van der Waals surface area contributed by atoms with Gasteiger partial charge in [0.15, 0.2) is 0 Å². The van der Waals surface area contributed by atoms with Gasteiger partial charge in [-0.25, -0.2) is 4.98 Å². The first-order chi connectivity index (χ1) is 9.47. The monoisotopic (exact) mass is 269 g/mol. The third-order valence-corrected chi connectivity index (χ3v) is 3.48. The van der Waals surface area contributed by atoms with Crippen LogP contribution in [0.25, 0.3) is 0 Å². The lowest BCUT2D eigenvalue weighted by Crippen LogP contribution is -2.11. The first-order valence-electron chi connectivity index (χ1n) is 6.94. The van der Waals surface area contributed by atoms with E-state index in [1.807, 2.05) is 31.3 Å². The van der Waals surface area contributed by atoms with Crippen molar-refractivity contribution in [2.75, 3.05) is 24.3 Å². The SMILES string of the molecule is Cc1ccc(C(C)Nc2ccc(N(C)C)nc2)c(C)c1. The maximum absolute atomic E-state index is 4.42. The van der Waals surface area contributed by atoms with Crippen LogP contribution in [-0.4, -0.2) is 19.1 Å². The molecule has 2 aromatic rings. The maximum Gasteiger partial charge on any atom is 0.128 e. The second-order valence-corrected chi connectivity index (χ2v) is 5.53. The van der Waals surface area contributed by atoms with E-state index in [0.29, 0.717) is 0 Å². The molecule has 3 nitrogen and oxygen atoms in total. The molecular weight excluding hydrogens is 246 g/mol. The fourth-order valence-corrected chi connectivity index (χ4v) is 2.38. The molecule has 0 radical (unpaired) electrons. The molecule has 0 saturated carbocycles. The molecule has 0 bridgehead atoms. The summed E-state index contributed by atoms with van der Waals surface area (Å²) in [5.41, 5.74) is 4.99. The molecule has 0 aliphatic rings. The van der Waals surface area contributed by atoms with E-state index in [1.54, 1.807) is 0 Å². The highest BCUT2D eigenvalue weighted by Gasteiger charge is 2.08. The minimum absolute atomic E-state index is 0.266. The van der Waals surface area contributed by atoms with Crippen LogP contribution >= 0.6 is 0 Å². The zero-order valence-corrected chi connectivity index (χ0v) is 12.9. The molecule has 2 rings (SSSR count). The first-order valence-corrected chi connectivity index (χ1v) is 6.94. The fraction of sp³-hybridized carbons (Fsp3) is 0.353. The Bertz CT molecular complexity index is 573. The lowest BCUT2D eigenvalue weighted by atomic mass is 10.0. The fourth-order valence-electron chi connectivity index (χ4n) is 2.38. The van der Waals surface area contributed by atoms with Crippen LogP contribution in [0.3, 0.4) is 0 Å². The van der Waals surface area contributed by atoms with E-state index in [2.05, 4.69) is 55.3 Å². The average Bonchev–Trinajstić information content (AvgIpc) is 2.39. The second kappa shape index (κ2) is 5.95. The van der Waals surface area contributed by atoms with Crippen molar-refractivity contribution in [2.45, 2.75) is 26.8 Å². The molecule has 1 heterocycles. The lowest BCUT2D eigenvalue weighted by molar-refractivity contribution is 0.871. The summed E-state index contributed by atoms with van der Waals surface area (Å²) in [6, 6.07) is 10.9. The van der Waals surface area contributed by atoms with E-state index in [1.165, 1.54) is 16.7 Å². The van der Waals surface area contributed by atoms with Gasteiger partial charge >= 0.3 is 0 Å². The van der Waals surface area contributed by atoms with Crippen LogP contribution in [-0.2, 0) is 0 Å². The number of aromatic nitrogens is 1. The molecule has 1 atom stereocenters. The lowest BCUT2D eigenvalue weighted by Gasteiger charge is -2.19. The zero-order valence-electron chi connectivity index (χ0n) is 12.9. The molecule has 0 fully saturated rings. The normalized spacial score (nSPS) is 12.1. The number of nitrogens with zero attached hydrogens (tertiary/aromatic N) is 2. The van der Waals surface area contributed by atoms with Gasteiger partial charge in [0.2, 0.25) is 0 Å². The van der Waals surface area contributed by atoms with Crippen LogP contribution in [0.15, 0.2) is 36.5 Å². The summed E-state index contributed by atoms with van der Waals surface area (Å²) in [5.74, 6) is 0.967. The summed E-state index contributed by atoms with van der Waals surface area (Å²) in [7, 11) is 3.99. The van der Waals surface area contributed by atoms with E-state index in [-0.39, 0.29) is 6.04 Å². The van der Waals surface area contributed by atoms with Gasteiger partial charge in [0.05, 0.1) is 11.9 Å². The Kier molecular flexibility index (Phi) is 4.28. The van der Waals surface area contributed by atoms with Gasteiger partial charge in [-0.3, -0.25) is 0 Å². The summed E-state index contributed by atoms with van der Waals surface area (Å²) in [5, 5.41) is 3.50. The number of pyridine rings is 1. The van der Waals surface area contributed by atoms with Gasteiger partial charge in [-0.1, -0.05) is 23.8 Å². The van der Waals surface area contributed by atoms with Crippen molar-refractivity contribution >= 4 is 11.5 Å². The van der Waals surface area contributed by atoms with Crippen molar-refractivity contribution in [3.8, 4) is 0 Å². The van der Waals surface area contributed by atoms with Gasteiger partial charge in [0.25, 0.3) is 0 Å². The molecule has 20 heavy (non-hydrogen) atoms. The highest BCUT2D eigenvalue weighted by molar-refractivity contribution is 5.49. The number of nitrogens with one attached hydrogen (secondary N) is 1. The van der Waals surface area contributed by atoms with Crippen LogP contribution < -0.4 is 10.2 Å². The number of rotatable bonds is 4. The average molecular weight is 269 g/mol. The number of benzene rings is 1. The van der Waals surface area contributed by atoms with E-state index in [4.69, 9.17) is 0 Å². The van der Waals surface area contributed by atoms with Crippen LogP contribution in [0.4, 0.5) is 11.5 Å². The first kappa shape index (κ1) is 14.4. The Balaban J connectivity index is 2.12. The predicted molar refractivity (Wildman–Crippen MR) is 86.5 cm³/mol. The van der Waals surface area contributed by atoms with Crippen molar-refractivity contribution in [1.82, 2.24) is 4.98 Å². The maximum atomic E-state index is 4.42. The van der Waals surface area contributed by atoms with Gasteiger partial charge in [-0.2, -0.15) is 0 Å². The molecule has 0 aliphatic heterocycles. The molecule has 106 valence electrons. The molecule has 0 amide bonds. The quantitative estimate of drug-likeness (QED) is 0.911. The van der Waals surface area contributed by atoms with Crippen LogP contribution in [0.2, 0.25) is 0 Å². The minimum Gasteiger partial charge on any atom is -0.377 e. The topological polar surface area (TPSA) is 28.2 Å². The molecule has 0 aliphatic carbocycles. The smallest absolute Gasteiger partial charge is 0.128 e. The highest BCUT2D eigenvalue weighted by Crippen LogP contribution is 2.23. The number of hydrogen-bond donors (Lipinski definition) is 1. The van der Waals surface area contributed by atoms with Gasteiger partial charge < -0.3 is 10.2 Å². The van der Waals surface area contributed by atoms with Crippen molar-refractivity contribution in [3.05, 3.63) is 53.2 Å². The summed E-state index contributed by atoms with van der Waals surface area (Å²) < 4.78 is 0. The highest BCUT2D eigenvalue weighted by atomic mass is 15.1. The Morgan fingerprint density at radius 3 is 2.40 bits per heavy atom. The van der Waals surface area contributed by atoms with E-state index in [0.717, 1.165) is 11.5 Å². The molecule has 1 N–H and O–H groups in total. The zero-order chi connectivity index (χ0) is 14.7. The number of anilines is 2. The standard InChI is InChI=1S/C17H23N3/c1-12-6-8-16(13(2)10-12)14(3)19-15-7-9-17(18-11-15)20(4)5/h6-11,14,19H,1-5H3. The van der Waals surface area contributed by atoms with Gasteiger partial charge in [0.1, 0.15) is 5.82 Å². The van der Waals surface area contributed by atoms with E-state index in [9.17, 15) is 0 Å². The minimum atomic E-state index is 0.266. The molecule has 0 spiro atoms. The van der Waals surface area contributed by atoms with Gasteiger partial charge in [0, 0.05) is 20.1 Å². The van der Waals surface area contributed by atoms with Crippen molar-refractivity contribution in [1.29, 1.82) is 0 Å². The number of aryl methyl sites for hydroxylation is 2. The largest absolute Gasteiger partial charge is 0.377 e. The van der Waals surface area contributed by atoms with Gasteiger partial charge in [-0.05, 0) is 44.0 Å². The molecule has 3 heteroatoms. The third kappa shape index (κ3) is 3.29. The Morgan fingerprint density at radius 2 is 1.85 bits per heavy atom. The molecule has 1 aromatic heterocycles. The van der Waals surface area contributed by atoms with Crippen molar-refractivity contribution < 1.29 is 0 Å². The predicted octanol–water partition coefficient (Wildman–Crippen LogP) is 3.94. The van der Waals surface area contributed by atoms with Crippen molar-refractivity contribution in [2.24, 2.45) is 0 Å². The second-order valence-electron chi connectivity index (χ2n) is 5.53. The summed E-state index contributed by atoms with van der Waals surface area (Å²) in [4.78, 5) is 6.42. The third-order valence-electron chi connectivity index (χ3n) is 3.48. The molecule has 0 saturated heterocycles. The Morgan fingerprint density at radius 1 is 1.10 bits per heavy atom. The van der Waals surface area contributed by atoms with Crippen LogP contribution in [0, 0.1) is 13.8 Å². The van der Waals surface area contributed by atoms with E-state index < -0.39 is 0 Å². The Hall–Kier alpha value is -2.03. The number of hydrogen-bond acceptors (Lipinski definition) is 3. The summed E-state index contributed by atoms with van der Waals surface area (Å²) in [6.07, 6.45) is 1.88. The van der Waals surface area contributed by atoms with Crippen LogP contribution in [0.1, 0.15) is 29.7 Å². The van der Waals surface area contributed by atoms with Gasteiger partial charge in [-0.15, -0.1) is 0 Å². The van der Waals surface area contributed by atoms with E-state index >= 15 is 0 Å².